The molecule has 0 aromatic carbocycles. The van der Waals surface area contributed by atoms with Crippen molar-refractivity contribution in [3.8, 4) is 6.07 Å². The van der Waals surface area contributed by atoms with Crippen molar-refractivity contribution < 1.29 is 4.79 Å². The van der Waals surface area contributed by atoms with Crippen LogP contribution in [-0.4, -0.2) is 29.3 Å². The lowest BCUT2D eigenvalue weighted by Gasteiger charge is -2.39. The molecule has 0 heterocycles. The van der Waals surface area contributed by atoms with Crippen LogP contribution in [0.5, 0.6) is 0 Å². The second kappa shape index (κ2) is 4.56. The number of nitrogens with zero attached hydrogens (tertiary/aromatic N) is 2. The van der Waals surface area contributed by atoms with Crippen molar-refractivity contribution in [2.75, 3.05) is 13.1 Å². The van der Waals surface area contributed by atoms with E-state index in [0.29, 0.717) is 31.5 Å². The Morgan fingerprint density at radius 3 is 2.21 bits per heavy atom. The molecule has 0 radical (unpaired) electrons. The van der Waals surface area contributed by atoms with Crippen LogP contribution in [0.15, 0.2) is 0 Å². The molecule has 1 aliphatic carbocycles. The molecule has 0 N–H and O–H groups in total. The van der Waals surface area contributed by atoms with Crippen molar-refractivity contribution in [2.45, 2.75) is 45.1 Å². The molecule has 0 aromatic heterocycles. The fraction of sp³-hybridized carbons (Fsp3) is 0.818. The minimum Gasteiger partial charge on any atom is -0.300 e. The number of hydrogen-bond donors (Lipinski definition) is 0. The number of Topliss-reactive ketones (excluding diaryl/α,β-unsaturated/α-hetero) is 1. The Kier molecular flexibility index (Phi) is 3.65. The maximum atomic E-state index is 11.1. The van der Waals surface area contributed by atoms with Crippen LogP contribution in [0.2, 0.25) is 0 Å². The van der Waals surface area contributed by atoms with Crippen molar-refractivity contribution in [1.29, 1.82) is 5.26 Å². The van der Waals surface area contributed by atoms with E-state index in [4.69, 9.17) is 0 Å². The van der Waals surface area contributed by atoms with Crippen LogP contribution in [0.25, 0.3) is 0 Å². The van der Waals surface area contributed by atoms with Gasteiger partial charge in [-0.25, -0.2) is 0 Å². The van der Waals surface area contributed by atoms with Gasteiger partial charge in [0.05, 0.1) is 6.07 Å². The molecule has 1 aliphatic rings. The Labute approximate surface area is 85.7 Å². The highest BCUT2D eigenvalue weighted by Gasteiger charge is 2.38. The monoisotopic (exact) mass is 194 g/mol. The molecule has 1 fully saturated rings. The van der Waals surface area contributed by atoms with Crippen molar-refractivity contribution in [1.82, 2.24) is 4.90 Å². The van der Waals surface area contributed by atoms with Crippen molar-refractivity contribution in [3.63, 3.8) is 0 Å². The van der Waals surface area contributed by atoms with E-state index in [1.54, 1.807) is 0 Å². The van der Waals surface area contributed by atoms with Gasteiger partial charge in [-0.15, -0.1) is 0 Å². The SMILES string of the molecule is CCN(CC)C1(C#N)CCC(=O)CC1. The molecule has 0 unspecified atom stereocenters. The van der Waals surface area contributed by atoms with Gasteiger partial charge in [-0.1, -0.05) is 13.8 Å². The lowest BCUT2D eigenvalue weighted by molar-refractivity contribution is -0.122. The van der Waals surface area contributed by atoms with E-state index < -0.39 is 0 Å². The summed E-state index contributed by atoms with van der Waals surface area (Å²) in [5, 5.41) is 9.26. The van der Waals surface area contributed by atoms with Gasteiger partial charge >= 0.3 is 0 Å². The first-order valence-electron chi connectivity index (χ1n) is 5.36. The molecular weight excluding hydrogens is 176 g/mol. The Balaban J connectivity index is 2.77. The van der Waals surface area contributed by atoms with E-state index in [1.807, 2.05) is 0 Å². The summed E-state index contributed by atoms with van der Waals surface area (Å²) in [5.74, 6) is 0.308. The first-order chi connectivity index (χ1) is 6.68. The number of carbonyl (C=O) groups excluding carboxylic acids is 1. The summed E-state index contributed by atoms with van der Waals surface area (Å²) < 4.78 is 0. The molecule has 0 aliphatic heterocycles. The smallest absolute Gasteiger partial charge is 0.133 e. The van der Waals surface area contributed by atoms with E-state index in [-0.39, 0.29) is 5.54 Å². The van der Waals surface area contributed by atoms with Crippen LogP contribution in [0.4, 0.5) is 0 Å². The molecular formula is C11H18N2O. The van der Waals surface area contributed by atoms with E-state index in [1.165, 1.54) is 0 Å². The first-order valence-corrected chi connectivity index (χ1v) is 5.36. The lowest BCUT2D eigenvalue weighted by Crippen LogP contribution is -2.49. The van der Waals surface area contributed by atoms with Crippen LogP contribution in [0.1, 0.15) is 39.5 Å². The van der Waals surface area contributed by atoms with Gasteiger partial charge in [0.25, 0.3) is 0 Å². The second-order valence-corrected chi connectivity index (χ2v) is 3.85. The Hall–Kier alpha value is -0.880. The maximum absolute atomic E-state index is 11.1. The van der Waals surface area contributed by atoms with Gasteiger partial charge in [0.2, 0.25) is 0 Å². The van der Waals surface area contributed by atoms with Crippen LogP contribution in [0.3, 0.4) is 0 Å². The normalized spacial score (nSPS) is 20.9. The molecule has 0 bridgehead atoms. The fourth-order valence-corrected chi connectivity index (χ4v) is 2.27. The van der Waals surface area contributed by atoms with Crippen LogP contribution in [-0.2, 0) is 4.79 Å². The third-order valence-electron chi connectivity index (χ3n) is 3.21. The van der Waals surface area contributed by atoms with Gasteiger partial charge in [0, 0.05) is 12.8 Å². The Morgan fingerprint density at radius 1 is 1.36 bits per heavy atom. The van der Waals surface area contributed by atoms with Gasteiger partial charge in [0.1, 0.15) is 11.3 Å². The Bertz CT molecular complexity index is 241. The molecule has 3 nitrogen and oxygen atoms in total. The number of nitriles is 1. The highest BCUT2D eigenvalue weighted by Crippen LogP contribution is 2.31. The van der Waals surface area contributed by atoms with E-state index >= 15 is 0 Å². The van der Waals surface area contributed by atoms with Crippen LogP contribution >= 0.6 is 0 Å². The van der Waals surface area contributed by atoms with E-state index in [9.17, 15) is 10.1 Å². The van der Waals surface area contributed by atoms with Gasteiger partial charge in [-0.05, 0) is 25.9 Å². The molecule has 3 heteroatoms. The van der Waals surface area contributed by atoms with Crippen LogP contribution < -0.4 is 0 Å². The zero-order chi connectivity index (χ0) is 10.6. The quantitative estimate of drug-likeness (QED) is 0.687. The molecule has 78 valence electrons. The number of ketones is 1. The summed E-state index contributed by atoms with van der Waals surface area (Å²) in [5.41, 5.74) is -0.364. The minimum absolute atomic E-state index is 0.308. The molecule has 1 saturated carbocycles. The molecule has 0 amide bonds. The van der Waals surface area contributed by atoms with E-state index in [0.717, 1.165) is 13.1 Å². The van der Waals surface area contributed by atoms with Crippen molar-refractivity contribution in [3.05, 3.63) is 0 Å². The Morgan fingerprint density at radius 2 is 1.86 bits per heavy atom. The number of hydrogen-bond acceptors (Lipinski definition) is 3. The predicted octanol–water partition coefficient (Wildman–Crippen LogP) is 1.73. The topological polar surface area (TPSA) is 44.1 Å². The minimum atomic E-state index is -0.364. The summed E-state index contributed by atoms with van der Waals surface area (Å²) in [6.07, 6.45) is 2.57. The highest BCUT2D eigenvalue weighted by molar-refractivity contribution is 5.79. The lowest BCUT2D eigenvalue weighted by atomic mass is 9.81. The van der Waals surface area contributed by atoms with Gasteiger partial charge in [-0.3, -0.25) is 9.69 Å². The average Bonchev–Trinajstić information content (AvgIpc) is 2.23. The second-order valence-electron chi connectivity index (χ2n) is 3.85. The van der Waals surface area contributed by atoms with Gasteiger partial charge in [-0.2, -0.15) is 5.26 Å². The summed E-state index contributed by atoms with van der Waals surface area (Å²) >= 11 is 0. The van der Waals surface area contributed by atoms with Gasteiger partial charge in [0.15, 0.2) is 0 Å². The molecule has 0 aromatic rings. The summed E-state index contributed by atoms with van der Waals surface area (Å²) in [6, 6.07) is 2.41. The summed E-state index contributed by atoms with van der Waals surface area (Å²) in [4.78, 5) is 13.3. The first kappa shape index (κ1) is 11.2. The third-order valence-corrected chi connectivity index (χ3v) is 3.21. The van der Waals surface area contributed by atoms with Crippen molar-refractivity contribution in [2.24, 2.45) is 0 Å². The molecule has 0 saturated heterocycles. The van der Waals surface area contributed by atoms with Crippen molar-refractivity contribution >= 4 is 5.78 Å². The van der Waals surface area contributed by atoms with Crippen LogP contribution in [0, 0.1) is 11.3 Å². The molecule has 0 atom stereocenters. The number of carbonyl (C=O) groups is 1. The zero-order valence-electron chi connectivity index (χ0n) is 9.05. The molecule has 1 rings (SSSR count). The maximum Gasteiger partial charge on any atom is 0.133 e. The van der Waals surface area contributed by atoms with Gasteiger partial charge < -0.3 is 0 Å². The molecule has 14 heavy (non-hydrogen) atoms. The summed E-state index contributed by atoms with van der Waals surface area (Å²) in [7, 11) is 0. The fourth-order valence-electron chi connectivity index (χ4n) is 2.27. The zero-order valence-corrected chi connectivity index (χ0v) is 9.05. The average molecular weight is 194 g/mol. The largest absolute Gasteiger partial charge is 0.300 e. The highest BCUT2D eigenvalue weighted by atomic mass is 16.1. The van der Waals surface area contributed by atoms with E-state index in [2.05, 4.69) is 24.8 Å². The third kappa shape index (κ3) is 1.96. The standard InChI is InChI=1S/C11H18N2O/c1-3-13(4-2)11(9-12)7-5-10(14)6-8-11/h3-8H2,1-2H3. The molecule has 0 spiro atoms. The number of rotatable bonds is 3. The predicted molar refractivity (Wildman–Crippen MR) is 54.7 cm³/mol. The summed E-state index contributed by atoms with van der Waals surface area (Å²) in [6.45, 7) is 5.91.